The van der Waals surface area contributed by atoms with E-state index in [1.807, 2.05) is 12.1 Å². The van der Waals surface area contributed by atoms with Gasteiger partial charge in [0.2, 0.25) is 0 Å². The summed E-state index contributed by atoms with van der Waals surface area (Å²) >= 11 is 0. The molecule has 2 heterocycles. The molecule has 31 heavy (non-hydrogen) atoms. The zero-order valence-electron chi connectivity index (χ0n) is 18.4. The number of hydrogen-bond donors (Lipinski definition) is 1. The van der Waals surface area contributed by atoms with Crippen molar-refractivity contribution in [3.05, 3.63) is 53.4 Å². The van der Waals surface area contributed by atoms with Gasteiger partial charge in [-0.25, -0.2) is 4.39 Å². The van der Waals surface area contributed by atoms with E-state index in [9.17, 15) is 14.3 Å². The molecule has 1 saturated heterocycles. The van der Waals surface area contributed by atoms with Gasteiger partial charge in [0.25, 0.3) is 0 Å². The highest BCUT2D eigenvalue weighted by molar-refractivity contribution is 5.76. The van der Waals surface area contributed by atoms with E-state index in [1.165, 1.54) is 23.3 Å². The van der Waals surface area contributed by atoms with Crippen molar-refractivity contribution in [1.29, 1.82) is 0 Å². The molecule has 166 valence electrons. The van der Waals surface area contributed by atoms with Crippen LogP contribution in [-0.4, -0.2) is 47.8 Å². The molecule has 2 fully saturated rings. The lowest BCUT2D eigenvalue weighted by atomic mass is 9.55. The molecule has 0 unspecified atom stereocenters. The average molecular weight is 426 g/mol. The molecular weight excluding hydrogens is 393 g/mol. The Morgan fingerprint density at radius 3 is 2.74 bits per heavy atom. The highest BCUT2D eigenvalue weighted by atomic mass is 19.1. The first-order chi connectivity index (χ1) is 14.9. The van der Waals surface area contributed by atoms with Gasteiger partial charge >= 0.3 is 5.97 Å². The minimum absolute atomic E-state index is 0.141. The van der Waals surface area contributed by atoms with Gasteiger partial charge in [0.05, 0.1) is 12.0 Å². The maximum Gasteiger partial charge on any atom is 0.311 e. The van der Waals surface area contributed by atoms with Crippen LogP contribution in [0.3, 0.4) is 0 Å². The summed E-state index contributed by atoms with van der Waals surface area (Å²) in [6, 6.07) is 6.64. The van der Waals surface area contributed by atoms with Crippen LogP contribution in [0, 0.1) is 29.0 Å². The second-order valence-corrected chi connectivity index (χ2v) is 10.0. The molecule has 5 heteroatoms. The van der Waals surface area contributed by atoms with E-state index in [2.05, 4.69) is 30.9 Å². The molecular formula is C26H32FNO3. The molecule has 4 aliphatic rings. The quantitative estimate of drug-likeness (QED) is 0.583. The van der Waals surface area contributed by atoms with Gasteiger partial charge in [0.15, 0.2) is 0 Å². The summed E-state index contributed by atoms with van der Waals surface area (Å²) in [5, 5.41) is 11.5. The maximum atomic E-state index is 13.2. The zero-order valence-corrected chi connectivity index (χ0v) is 18.4. The number of carbonyl (C=O) groups is 1. The van der Waals surface area contributed by atoms with Crippen molar-refractivity contribution in [3.63, 3.8) is 0 Å². The molecule has 0 spiro atoms. The molecule has 1 N–H and O–H groups in total. The summed E-state index contributed by atoms with van der Waals surface area (Å²) in [7, 11) is 0. The number of allylic oxidation sites excluding steroid dienone is 1. The Labute approximate surface area is 183 Å². The highest BCUT2D eigenvalue weighted by Crippen LogP contribution is 2.56. The standard InChI is InChI=1S/C26H32FNO3/c1-16-4-3-5-19-14-22-23(24(29)26(16,19)2)21(25(30)31-22)15-28-12-10-18(11-13-28)17-6-8-20(27)9-7-17/h5-10,16,21-24,29H,3-4,11-15H2,1-2H3/t16-,21-,22+,23+,24-,26+/m0/s1. The Balaban J connectivity index is 1.31. The molecule has 1 aromatic carbocycles. The summed E-state index contributed by atoms with van der Waals surface area (Å²) in [5.74, 6) is -0.402. The van der Waals surface area contributed by atoms with Gasteiger partial charge in [-0.05, 0) is 48.4 Å². The average Bonchev–Trinajstić information content (AvgIpc) is 3.07. The summed E-state index contributed by atoms with van der Waals surface area (Å²) in [6.07, 6.45) is 7.45. The van der Waals surface area contributed by atoms with Gasteiger partial charge < -0.3 is 9.84 Å². The number of benzene rings is 1. The third kappa shape index (κ3) is 3.46. The van der Waals surface area contributed by atoms with Gasteiger partial charge in [-0.1, -0.05) is 43.7 Å². The minimum atomic E-state index is -0.556. The Morgan fingerprint density at radius 2 is 2.03 bits per heavy atom. The van der Waals surface area contributed by atoms with Crippen molar-refractivity contribution >= 4 is 11.5 Å². The van der Waals surface area contributed by atoms with Crippen molar-refractivity contribution in [2.24, 2.45) is 23.2 Å². The fourth-order valence-electron chi connectivity index (χ4n) is 6.36. The number of aliphatic hydroxyl groups is 1. The van der Waals surface area contributed by atoms with Gasteiger partial charge in [0, 0.05) is 37.4 Å². The lowest BCUT2D eigenvalue weighted by molar-refractivity contribution is -0.145. The molecule has 1 aromatic rings. The van der Waals surface area contributed by atoms with Crippen molar-refractivity contribution in [1.82, 2.24) is 4.90 Å². The number of carbonyl (C=O) groups excluding carboxylic acids is 1. The number of rotatable bonds is 3. The summed E-state index contributed by atoms with van der Waals surface area (Å²) in [4.78, 5) is 15.1. The lowest BCUT2D eigenvalue weighted by Crippen LogP contribution is -2.54. The molecule has 4 nitrogen and oxygen atoms in total. The van der Waals surface area contributed by atoms with Gasteiger partial charge in [-0.2, -0.15) is 0 Å². The smallest absolute Gasteiger partial charge is 0.311 e. The fraction of sp³-hybridized carbons (Fsp3) is 0.577. The zero-order chi connectivity index (χ0) is 21.8. The number of ether oxygens (including phenoxy) is 1. The minimum Gasteiger partial charge on any atom is -0.461 e. The van der Waals surface area contributed by atoms with Gasteiger partial charge in [-0.3, -0.25) is 9.69 Å². The van der Waals surface area contributed by atoms with Crippen LogP contribution >= 0.6 is 0 Å². The van der Waals surface area contributed by atoms with E-state index in [0.717, 1.165) is 44.3 Å². The first-order valence-corrected chi connectivity index (χ1v) is 11.6. The largest absolute Gasteiger partial charge is 0.461 e. The Bertz CT molecular complexity index is 923. The van der Waals surface area contributed by atoms with E-state index in [1.54, 1.807) is 0 Å². The molecule has 2 aliphatic heterocycles. The Morgan fingerprint density at radius 1 is 1.26 bits per heavy atom. The SMILES string of the molecule is C[C@H]1CCC=C2C[C@H]3OC(=O)[C@@H](CN4CC=C(c5ccc(F)cc5)CC4)[C@H]3[C@H](O)[C@@]21C. The van der Waals surface area contributed by atoms with E-state index in [4.69, 9.17) is 4.74 Å². The number of halogens is 1. The van der Waals surface area contributed by atoms with E-state index in [-0.39, 0.29) is 35.1 Å². The monoisotopic (exact) mass is 425 g/mol. The van der Waals surface area contributed by atoms with Crippen LogP contribution in [0.4, 0.5) is 4.39 Å². The second kappa shape index (κ2) is 7.86. The summed E-state index contributed by atoms with van der Waals surface area (Å²) in [6.45, 7) is 6.63. The van der Waals surface area contributed by atoms with Crippen molar-refractivity contribution < 1.29 is 19.0 Å². The predicted molar refractivity (Wildman–Crippen MR) is 118 cm³/mol. The second-order valence-electron chi connectivity index (χ2n) is 10.0. The summed E-state index contributed by atoms with van der Waals surface area (Å²) < 4.78 is 19.0. The highest BCUT2D eigenvalue weighted by Gasteiger charge is 2.59. The summed E-state index contributed by atoms with van der Waals surface area (Å²) in [5.41, 5.74) is 3.29. The van der Waals surface area contributed by atoms with Crippen LogP contribution in [0.2, 0.25) is 0 Å². The molecule has 0 bridgehead atoms. The topological polar surface area (TPSA) is 49.8 Å². The molecule has 2 aliphatic carbocycles. The molecule has 0 amide bonds. The van der Waals surface area contributed by atoms with Gasteiger partial charge in [0.1, 0.15) is 11.9 Å². The normalized spacial score (nSPS) is 38.1. The van der Waals surface area contributed by atoms with Crippen LogP contribution in [0.25, 0.3) is 5.57 Å². The van der Waals surface area contributed by atoms with Crippen molar-refractivity contribution in [3.8, 4) is 0 Å². The maximum absolute atomic E-state index is 13.2. The Kier molecular flexibility index (Phi) is 5.30. The molecule has 1 saturated carbocycles. The van der Waals surface area contributed by atoms with Crippen LogP contribution < -0.4 is 0 Å². The van der Waals surface area contributed by atoms with Gasteiger partial charge in [-0.15, -0.1) is 0 Å². The van der Waals surface area contributed by atoms with Crippen LogP contribution in [0.1, 0.15) is 45.1 Å². The molecule has 0 aromatic heterocycles. The first kappa shape index (κ1) is 20.9. The number of esters is 1. The van der Waals surface area contributed by atoms with Crippen LogP contribution in [-0.2, 0) is 9.53 Å². The van der Waals surface area contributed by atoms with Crippen LogP contribution in [0.5, 0.6) is 0 Å². The van der Waals surface area contributed by atoms with Crippen molar-refractivity contribution in [2.45, 2.75) is 51.7 Å². The molecule has 5 rings (SSSR count). The number of aliphatic hydroxyl groups excluding tert-OH is 1. The van der Waals surface area contributed by atoms with E-state index < -0.39 is 6.10 Å². The number of hydrogen-bond acceptors (Lipinski definition) is 4. The van der Waals surface area contributed by atoms with E-state index in [0.29, 0.717) is 12.5 Å². The third-order valence-corrected chi connectivity index (χ3v) is 8.53. The van der Waals surface area contributed by atoms with Crippen molar-refractivity contribution in [2.75, 3.05) is 19.6 Å². The number of fused-ring (bicyclic) bond motifs is 2. The third-order valence-electron chi connectivity index (χ3n) is 8.53. The predicted octanol–water partition coefficient (Wildman–Crippen LogP) is 4.20. The van der Waals surface area contributed by atoms with Crippen LogP contribution in [0.15, 0.2) is 42.0 Å². The Hall–Kier alpha value is -1.98. The van der Waals surface area contributed by atoms with E-state index >= 15 is 0 Å². The number of nitrogens with zero attached hydrogens (tertiary/aromatic N) is 1. The molecule has 6 atom stereocenters. The first-order valence-electron chi connectivity index (χ1n) is 11.6. The lowest BCUT2D eigenvalue weighted by Gasteiger charge is -2.52. The fourth-order valence-corrected chi connectivity index (χ4v) is 6.36. The molecule has 0 radical (unpaired) electrons.